The maximum absolute atomic E-state index is 12.7. The Morgan fingerprint density at radius 1 is 1.33 bits per heavy atom. The molecule has 1 amide bonds. The Labute approximate surface area is 175 Å². The molecule has 30 heavy (non-hydrogen) atoms. The summed E-state index contributed by atoms with van der Waals surface area (Å²) in [5.41, 5.74) is 0.648. The lowest BCUT2D eigenvalue weighted by molar-refractivity contribution is -0.384. The van der Waals surface area contributed by atoms with Gasteiger partial charge in [0, 0.05) is 24.5 Å². The Morgan fingerprint density at radius 3 is 2.57 bits per heavy atom. The molecule has 2 saturated heterocycles. The fraction of sp³-hybridized carbons (Fsp3) is 0.421. The SMILES string of the molecule is CC(=O)OC(C1OC1C)C1C(=O)N2C(C(=O)OCc3ccc([N+](=O)[O-])cc3)=CSC12. The Morgan fingerprint density at radius 2 is 2.00 bits per heavy atom. The highest BCUT2D eigenvalue weighted by atomic mass is 32.2. The summed E-state index contributed by atoms with van der Waals surface area (Å²) in [6.45, 7) is 3.03. The molecule has 1 aromatic rings. The van der Waals surface area contributed by atoms with Crippen molar-refractivity contribution < 1.29 is 33.5 Å². The van der Waals surface area contributed by atoms with Crippen molar-refractivity contribution in [3.8, 4) is 0 Å². The standard InChI is InChI=1S/C19H18N2O8S/c1-9-15(28-9)16(29-10(2)22)14-17(23)20-13(8-30-18(14)20)19(24)27-7-11-3-5-12(6-4-11)21(25)26/h3-6,8-9,14-16,18H,7H2,1-2H3. The van der Waals surface area contributed by atoms with E-state index in [4.69, 9.17) is 14.2 Å². The van der Waals surface area contributed by atoms with E-state index in [1.807, 2.05) is 6.92 Å². The second-order valence-corrected chi connectivity index (χ2v) is 8.13. The van der Waals surface area contributed by atoms with Crippen LogP contribution < -0.4 is 0 Å². The van der Waals surface area contributed by atoms with E-state index in [9.17, 15) is 24.5 Å². The second kappa shape index (κ2) is 7.73. The smallest absolute Gasteiger partial charge is 0.355 e. The van der Waals surface area contributed by atoms with Gasteiger partial charge in [0.15, 0.2) is 0 Å². The van der Waals surface area contributed by atoms with Gasteiger partial charge in [-0.2, -0.15) is 0 Å². The van der Waals surface area contributed by atoms with Gasteiger partial charge in [0.25, 0.3) is 5.69 Å². The van der Waals surface area contributed by atoms with E-state index >= 15 is 0 Å². The molecule has 5 atom stereocenters. The molecular weight excluding hydrogens is 416 g/mol. The van der Waals surface area contributed by atoms with Crippen LogP contribution in [0.5, 0.6) is 0 Å². The molecule has 0 spiro atoms. The van der Waals surface area contributed by atoms with Gasteiger partial charge < -0.3 is 14.2 Å². The maximum atomic E-state index is 12.7. The molecule has 0 saturated carbocycles. The number of nitro benzene ring substituents is 1. The number of rotatable bonds is 7. The van der Waals surface area contributed by atoms with Gasteiger partial charge in [-0.3, -0.25) is 24.6 Å². The van der Waals surface area contributed by atoms with Crippen LogP contribution in [-0.2, 0) is 35.2 Å². The van der Waals surface area contributed by atoms with Gasteiger partial charge in [0.2, 0.25) is 5.91 Å². The van der Waals surface area contributed by atoms with Crippen LogP contribution in [0.4, 0.5) is 5.69 Å². The number of hydrogen-bond donors (Lipinski definition) is 0. The quantitative estimate of drug-likeness (QED) is 0.207. The van der Waals surface area contributed by atoms with Crippen molar-refractivity contribution in [2.75, 3.05) is 0 Å². The lowest BCUT2D eigenvalue weighted by atomic mass is 9.88. The molecule has 2 fully saturated rings. The van der Waals surface area contributed by atoms with Crippen molar-refractivity contribution in [2.45, 2.75) is 44.1 Å². The minimum Gasteiger partial charge on any atom is -0.459 e. The van der Waals surface area contributed by atoms with Crippen LogP contribution in [0.25, 0.3) is 0 Å². The first-order valence-electron chi connectivity index (χ1n) is 9.19. The minimum absolute atomic E-state index is 0.0590. The lowest BCUT2D eigenvalue weighted by Gasteiger charge is -2.45. The van der Waals surface area contributed by atoms with Gasteiger partial charge >= 0.3 is 11.9 Å². The first-order chi connectivity index (χ1) is 14.3. The molecule has 3 heterocycles. The highest BCUT2D eigenvalue weighted by Gasteiger charge is 2.62. The van der Waals surface area contributed by atoms with Crippen LogP contribution >= 0.6 is 11.8 Å². The summed E-state index contributed by atoms with van der Waals surface area (Å²) in [4.78, 5) is 48.2. The zero-order valence-electron chi connectivity index (χ0n) is 16.0. The number of hydrogen-bond acceptors (Lipinski definition) is 9. The minimum atomic E-state index is -0.692. The van der Waals surface area contributed by atoms with E-state index < -0.39 is 28.9 Å². The number of esters is 2. The summed E-state index contributed by atoms with van der Waals surface area (Å²) in [7, 11) is 0. The zero-order valence-corrected chi connectivity index (χ0v) is 16.9. The number of nitrogens with zero attached hydrogens (tertiary/aromatic N) is 2. The van der Waals surface area contributed by atoms with E-state index in [0.717, 1.165) is 0 Å². The Bertz CT molecular complexity index is 946. The van der Waals surface area contributed by atoms with Crippen LogP contribution in [0, 0.1) is 16.0 Å². The van der Waals surface area contributed by atoms with E-state index in [-0.39, 0.29) is 41.5 Å². The van der Waals surface area contributed by atoms with Crippen LogP contribution in [-0.4, -0.2) is 51.4 Å². The van der Waals surface area contributed by atoms with Gasteiger partial charge in [-0.05, 0) is 24.6 Å². The number of nitro groups is 1. The molecule has 5 unspecified atom stereocenters. The van der Waals surface area contributed by atoms with Crippen molar-refractivity contribution in [2.24, 2.45) is 5.92 Å². The molecule has 0 aliphatic carbocycles. The summed E-state index contributed by atoms with van der Waals surface area (Å²) in [5, 5.41) is 11.9. The van der Waals surface area contributed by atoms with Crippen molar-refractivity contribution >= 4 is 35.3 Å². The summed E-state index contributed by atoms with van der Waals surface area (Å²) < 4.78 is 16.0. The summed E-state index contributed by atoms with van der Waals surface area (Å²) in [6, 6.07) is 5.64. The number of β-lactam (4-membered cyclic amide) rings is 1. The highest BCUT2D eigenvalue weighted by molar-refractivity contribution is 8.03. The molecule has 3 aliphatic rings. The largest absolute Gasteiger partial charge is 0.459 e. The molecular formula is C19H18N2O8S. The highest BCUT2D eigenvalue weighted by Crippen LogP contribution is 2.49. The van der Waals surface area contributed by atoms with Crippen LogP contribution in [0.15, 0.2) is 35.4 Å². The monoisotopic (exact) mass is 434 g/mol. The number of carbonyl (C=O) groups is 3. The average molecular weight is 434 g/mol. The molecule has 10 nitrogen and oxygen atoms in total. The molecule has 11 heteroatoms. The number of amides is 1. The fourth-order valence-electron chi connectivity index (χ4n) is 3.55. The Hall–Kier alpha value is -2.92. The number of benzene rings is 1. The lowest BCUT2D eigenvalue weighted by Crippen LogP contribution is -2.63. The number of thioether (sulfide) groups is 1. The van der Waals surface area contributed by atoms with E-state index in [0.29, 0.717) is 5.56 Å². The Kier molecular flexibility index (Phi) is 5.24. The van der Waals surface area contributed by atoms with Crippen LogP contribution in [0.3, 0.4) is 0 Å². The summed E-state index contributed by atoms with van der Waals surface area (Å²) in [6.07, 6.45) is -1.12. The second-order valence-electron chi connectivity index (χ2n) is 7.14. The fourth-order valence-corrected chi connectivity index (χ4v) is 4.81. The van der Waals surface area contributed by atoms with Crippen molar-refractivity contribution in [1.82, 2.24) is 4.90 Å². The van der Waals surface area contributed by atoms with Crippen molar-refractivity contribution in [1.29, 1.82) is 0 Å². The van der Waals surface area contributed by atoms with E-state index in [1.54, 1.807) is 5.41 Å². The van der Waals surface area contributed by atoms with Gasteiger partial charge in [-0.15, -0.1) is 11.8 Å². The first-order valence-corrected chi connectivity index (χ1v) is 10.1. The van der Waals surface area contributed by atoms with Gasteiger partial charge in [-0.1, -0.05) is 0 Å². The first kappa shape index (κ1) is 20.4. The molecule has 1 aromatic carbocycles. The third-order valence-corrected chi connectivity index (χ3v) is 6.27. The van der Waals surface area contributed by atoms with Crippen molar-refractivity contribution in [3.05, 3.63) is 51.0 Å². The number of epoxide rings is 1. The summed E-state index contributed by atoms with van der Waals surface area (Å²) >= 11 is 1.29. The third kappa shape index (κ3) is 3.65. The van der Waals surface area contributed by atoms with Gasteiger partial charge in [0.05, 0.1) is 11.0 Å². The molecule has 0 N–H and O–H groups in total. The van der Waals surface area contributed by atoms with E-state index in [1.165, 1.54) is 47.9 Å². The number of fused-ring (bicyclic) bond motifs is 1. The summed E-state index contributed by atoms with van der Waals surface area (Å²) in [5.74, 6) is -2.08. The van der Waals surface area contributed by atoms with E-state index in [2.05, 4.69) is 0 Å². The normalized spacial score (nSPS) is 27.5. The van der Waals surface area contributed by atoms with Crippen LogP contribution in [0.1, 0.15) is 19.4 Å². The predicted octanol–water partition coefficient (Wildman–Crippen LogP) is 1.73. The van der Waals surface area contributed by atoms with Crippen LogP contribution in [0.2, 0.25) is 0 Å². The van der Waals surface area contributed by atoms with Crippen molar-refractivity contribution in [3.63, 3.8) is 0 Å². The topological polar surface area (TPSA) is 129 Å². The zero-order chi connectivity index (χ0) is 21.6. The third-order valence-electron chi connectivity index (χ3n) is 5.13. The van der Waals surface area contributed by atoms with Gasteiger partial charge in [-0.25, -0.2) is 4.79 Å². The number of carbonyl (C=O) groups excluding carboxylic acids is 3. The maximum Gasteiger partial charge on any atom is 0.355 e. The molecule has 158 valence electrons. The Balaban J connectivity index is 1.37. The molecule has 0 bridgehead atoms. The predicted molar refractivity (Wildman–Crippen MR) is 103 cm³/mol. The van der Waals surface area contributed by atoms with Gasteiger partial charge in [0.1, 0.15) is 35.8 Å². The molecule has 3 aliphatic heterocycles. The molecule has 0 radical (unpaired) electrons. The number of ether oxygens (including phenoxy) is 3. The molecule has 0 aromatic heterocycles. The average Bonchev–Trinajstić information content (AvgIpc) is 3.30. The molecule has 4 rings (SSSR count). The number of non-ortho nitro benzene ring substituents is 1.